The highest BCUT2D eigenvalue weighted by Crippen LogP contribution is 2.09. The third-order valence-electron chi connectivity index (χ3n) is 2.87. The molecule has 0 aliphatic heterocycles. The Labute approximate surface area is 118 Å². The zero-order valence-corrected chi connectivity index (χ0v) is 12.2. The maximum Gasteiger partial charge on any atom is 0.294 e. The molecule has 0 N–H and O–H groups in total. The van der Waals surface area contributed by atoms with Crippen LogP contribution in [0.5, 0.6) is 0 Å². The van der Waals surface area contributed by atoms with Gasteiger partial charge in [-0.2, -0.15) is 0 Å². The summed E-state index contributed by atoms with van der Waals surface area (Å²) in [6.07, 6.45) is 12.9. The molecule has 0 aliphatic carbocycles. The summed E-state index contributed by atoms with van der Waals surface area (Å²) in [5, 5.41) is 0. The van der Waals surface area contributed by atoms with Gasteiger partial charge in [0.2, 0.25) is 0 Å². The third-order valence-corrected chi connectivity index (χ3v) is 2.87. The summed E-state index contributed by atoms with van der Waals surface area (Å²) < 4.78 is 4.42. The Hall–Kier alpha value is -1.41. The zero-order valence-electron chi connectivity index (χ0n) is 12.2. The highest BCUT2D eigenvalue weighted by molar-refractivity contribution is 5.38. The first-order valence-corrected chi connectivity index (χ1v) is 7.42. The standard InChI is InChI=1S/C17H26O2/c1-2-3-4-5-6-7-8-9-10-11-12-13-14-15-16-19-17-18/h17H,2-11,16H2,1H3. The lowest BCUT2D eigenvalue weighted by Gasteiger charge is -1.99. The van der Waals surface area contributed by atoms with Gasteiger partial charge in [-0.05, 0) is 24.2 Å². The van der Waals surface area contributed by atoms with Crippen molar-refractivity contribution in [1.29, 1.82) is 0 Å². The minimum atomic E-state index is 0.135. The Balaban J connectivity index is 3.19. The summed E-state index contributed by atoms with van der Waals surface area (Å²) >= 11 is 0. The van der Waals surface area contributed by atoms with Crippen molar-refractivity contribution in [3.63, 3.8) is 0 Å². The van der Waals surface area contributed by atoms with Crippen LogP contribution < -0.4 is 0 Å². The SMILES string of the molecule is CCCCCCCCCCCC#CC#CCOC=O. The molecule has 0 unspecified atom stereocenters. The Kier molecular flexibility index (Phi) is 15.4. The molecular weight excluding hydrogens is 236 g/mol. The van der Waals surface area contributed by atoms with E-state index in [9.17, 15) is 4.79 Å². The fourth-order valence-electron chi connectivity index (χ4n) is 1.79. The van der Waals surface area contributed by atoms with Gasteiger partial charge in [0, 0.05) is 6.42 Å². The lowest BCUT2D eigenvalue weighted by Crippen LogP contribution is -1.85. The first-order valence-electron chi connectivity index (χ1n) is 7.42. The van der Waals surface area contributed by atoms with Gasteiger partial charge in [0.1, 0.15) is 0 Å². The van der Waals surface area contributed by atoms with E-state index in [1.165, 1.54) is 51.4 Å². The van der Waals surface area contributed by atoms with Crippen molar-refractivity contribution in [2.45, 2.75) is 71.1 Å². The molecule has 0 aromatic carbocycles. The Bertz CT molecular complexity index is 312. The van der Waals surface area contributed by atoms with Crippen molar-refractivity contribution in [2.75, 3.05) is 6.61 Å². The van der Waals surface area contributed by atoms with Gasteiger partial charge < -0.3 is 4.74 Å². The van der Waals surface area contributed by atoms with Gasteiger partial charge in [0.25, 0.3) is 6.47 Å². The molecular formula is C17H26O2. The molecule has 0 aliphatic rings. The summed E-state index contributed by atoms with van der Waals surface area (Å²) in [7, 11) is 0. The number of hydrogen-bond donors (Lipinski definition) is 0. The van der Waals surface area contributed by atoms with Gasteiger partial charge in [-0.15, -0.1) is 0 Å². The largest absolute Gasteiger partial charge is 0.455 e. The molecule has 106 valence electrons. The van der Waals surface area contributed by atoms with Gasteiger partial charge in [0.05, 0.1) is 0 Å². The van der Waals surface area contributed by atoms with Crippen molar-refractivity contribution in [3.8, 4) is 23.7 Å². The summed E-state index contributed by atoms with van der Waals surface area (Å²) in [5.74, 6) is 11.1. The van der Waals surface area contributed by atoms with Crippen LogP contribution in [0.4, 0.5) is 0 Å². The van der Waals surface area contributed by atoms with E-state index in [0.29, 0.717) is 6.47 Å². The van der Waals surface area contributed by atoms with Crippen LogP contribution in [0.25, 0.3) is 0 Å². The van der Waals surface area contributed by atoms with Gasteiger partial charge >= 0.3 is 0 Å². The van der Waals surface area contributed by atoms with E-state index in [2.05, 4.69) is 35.3 Å². The average molecular weight is 262 g/mol. The molecule has 0 aromatic rings. The van der Waals surface area contributed by atoms with E-state index < -0.39 is 0 Å². The predicted octanol–water partition coefficient (Wildman–Crippen LogP) is 4.09. The summed E-state index contributed by atoms with van der Waals surface area (Å²) in [6.45, 7) is 2.78. The molecule has 0 bridgehead atoms. The van der Waals surface area contributed by atoms with Crippen molar-refractivity contribution >= 4 is 6.47 Å². The van der Waals surface area contributed by atoms with E-state index in [1.54, 1.807) is 0 Å². The van der Waals surface area contributed by atoms with Crippen LogP contribution >= 0.6 is 0 Å². The third kappa shape index (κ3) is 16.6. The maximum atomic E-state index is 9.81. The van der Waals surface area contributed by atoms with E-state index in [0.717, 1.165) is 12.8 Å². The van der Waals surface area contributed by atoms with Crippen LogP contribution in [-0.4, -0.2) is 13.1 Å². The summed E-state index contributed by atoms with van der Waals surface area (Å²) in [4.78, 5) is 9.81. The Morgan fingerprint density at radius 1 is 0.842 bits per heavy atom. The topological polar surface area (TPSA) is 26.3 Å². The van der Waals surface area contributed by atoms with Crippen LogP contribution in [0.3, 0.4) is 0 Å². The number of carbonyl (C=O) groups is 1. The molecule has 2 nitrogen and oxygen atoms in total. The average Bonchev–Trinajstić information content (AvgIpc) is 2.43. The van der Waals surface area contributed by atoms with Gasteiger partial charge in [0.15, 0.2) is 6.61 Å². The maximum absolute atomic E-state index is 9.81. The van der Waals surface area contributed by atoms with Crippen LogP contribution in [0.1, 0.15) is 71.1 Å². The molecule has 0 aromatic heterocycles. The monoisotopic (exact) mass is 262 g/mol. The second-order valence-corrected chi connectivity index (χ2v) is 4.59. The van der Waals surface area contributed by atoms with Crippen molar-refractivity contribution < 1.29 is 9.53 Å². The zero-order chi connectivity index (χ0) is 14.0. The number of ether oxygens (including phenoxy) is 1. The molecule has 0 amide bonds. The quantitative estimate of drug-likeness (QED) is 0.318. The van der Waals surface area contributed by atoms with Crippen LogP contribution in [0, 0.1) is 23.7 Å². The molecule has 0 fully saturated rings. The van der Waals surface area contributed by atoms with Gasteiger partial charge in [-0.3, -0.25) is 4.79 Å². The Morgan fingerprint density at radius 2 is 1.42 bits per heavy atom. The number of rotatable bonds is 11. The summed E-state index contributed by atoms with van der Waals surface area (Å²) in [6, 6.07) is 0. The van der Waals surface area contributed by atoms with Crippen LogP contribution in [-0.2, 0) is 9.53 Å². The molecule has 0 radical (unpaired) electrons. The number of unbranched alkanes of at least 4 members (excludes halogenated alkanes) is 9. The molecule has 0 saturated carbocycles. The molecule has 0 heterocycles. The van der Waals surface area contributed by atoms with Crippen LogP contribution in [0.2, 0.25) is 0 Å². The smallest absolute Gasteiger partial charge is 0.294 e. The van der Waals surface area contributed by atoms with E-state index in [4.69, 9.17) is 0 Å². The Morgan fingerprint density at radius 3 is 2.05 bits per heavy atom. The minimum Gasteiger partial charge on any atom is -0.455 e. The van der Waals surface area contributed by atoms with Crippen LogP contribution in [0.15, 0.2) is 0 Å². The second kappa shape index (κ2) is 16.6. The highest BCUT2D eigenvalue weighted by atomic mass is 16.5. The first kappa shape index (κ1) is 17.6. The first-order chi connectivity index (χ1) is 9.41. The normalized spacial score (nSPS) is 8.89. The molecule has 2 heteroatoms. The van der Waals surface area contributed by atoms with Crippen molar-refractivity contribution in [1.82, 2.24) is 0 Å². The van der Waals surface area contributed by atoms with Crippen molar-refractivity contribution in [3.05, 3.63) is 0 Å². The highest BCUT2D eigenvalue weighted by Gasteiger charge is 1.90. The lowest BCUT2D eigenvalue weighted by atomic mass is 10.1. The molecule has 0 spiro atoms. The second-order valence-electron chi connectivity index (χ2n) is 4.59. The fraction of sp³-hybridized carbons (Fsp3) is 0.706. The number of hydrogen-bond acceptors (Lipinski definition) is 2. The fourth-order valence-corrected chi connectivity index (χ4v) is 1.79. The predicted molar refractivity (Wildman–Crippen MR) is 79.4 cm³/mol. The van der Waals surface area contributed by atoms with E-state index >= 15 is 0 Å². The van der Waals surface area contributed by atoms with E-state index in [1.807, 2.05) is 0 Å². The van der Waals surface area contributed by atoms with Crippen molar-refractivity contribution in [2.24, 2.45) is 0 Å². The number of carbonyl (C=O) groups excluding carboxylic acids is 1. The summed E-state index contributed by atoms with van der Waals surface area (Å²) in [5.41, 5.74) is 0. The lowest BCUT2D eigenvalue weighted by molar-refractivity contribution is -0.127. The molecule has 19 heavy (non-hydrogen) atoms. The molecule has 0 rings (SSSR count). The van der Waals surface area contributed by atoms with E-state index in [-0.39, 0.29) is 6.61 Å². The minimum absolute atomic E-state index is 0.135. The van der Waals surface area contributed by atoms with Gasteiger partial charge in [-0.1, -0.05) is 64.2 Å². The molecule has 0 saturated heterocycles. The molecule has 0 atom stereocenters. The van der Waals surface area contributed by atoms with Gasteiger partial charge in [-0.25, -0.2) is 0 Å².